The Morgan fingerprint density at radius 1 is 0.576 bits per heavy atom. The molecular weight excluding hydrogens is 737 g/mol. The highest BCUT2D eigenvalue weighted by Gasteiger charge is 2.36. The molecule has 2 N–H and O–H groups in total. The van der Waals surface area contributed by atoms with E-state index in [0.29, 0.717) is 5.92 Å². The van der Waals surface area contributed by atoms with Gasteiger partial charge in [0.2, 0.25) is 6.29 Å². The van der Waals surface area contributed by atoms with Gasteiger partial charge in [-0.3, -0.25) is 9.47 Å². The molecule has 0 saturated heterocycles. The maximum absolute atomic E-state index is 4.14. The summed E-state index contributed by atoms with van der Waals surface area (Å²) in [6.07, 6.45) is 10.7. The highest BCUT2D eigenvalue weighted by molar-refractivity contribution is 7.25. The zero-order chi connectivity index (χ0) is 39.2. The summed E-state index contributed by atoms with van der Waals surface area (Å²) in [5.74, 6) is 0.555. The summed E-state index contributed by atoms with van der Waals surface area (Å²) < 4.78 is 7.64. The molecule has 4 nitrogen and oxygen atoms in total. The van der Waals surface area contributed by atoms with Gasteiger partial charge in [-0.2, -0.15) is 0 Å². The molecule has 10 aromatic rings. The molecule has 3 aromatic heterocycles. The van der Waals surface area contributed by atoms with Gasteiger partial charge in [-0.15, -0.1) is 11.3 Å². The van der Waals surface area contributed by atoms with Crippen molar-refractivity contribution in [1.82, 2.24) is 14.5 Å². The summed E-state index contributed by atoms with van der Waals surface area (Å²) in [6, 6.07) is 58.5. The minimum atomic E-state index is -0.0764. The quantitative estimate of drug-likeness (QED) is 0.179. The third-order valence-corrected chi connectivity index (χ3v) is 14.1. The van der Waals surface area contributed by atoms with Crippen molar-refractivity contribution in [2.75, 3.05) is 7.05 Å². The molecule has 4 heterocycles. The van der Waals surface area contributed by atoms with Crippen LogP contribution in [0.15, 0.2) is 188 Å². The van der Waals surface area contributed by atoms with Crippen molar-refractivity contribution in [3.05, 3.63) is 193 Å². The number of nitrogens with one attached hydrogen (secondary N) is 2. The number of likely N-dealkylation sites (N-methyl/N-ethyl adjacent to an activating group) is 1. The summed E-state index contributed by atoms with van der Waals surface area (Å²) in [5, 5.41) is 11.9. The van der Waals surface area contributed by atoms with E-state index in [1.165, 1.54) is 102 Å². The molecule has 0 saturated carbocycles. The van der Waals surface area contributed by atoms with Crippen LogP contribution in [0.5, 0.6) is 0 Å². The van der Waals surface area contributed by atoms with Crippen LogP contribution in [0.1, 0.15) is 25.2 Å². The molecule has 2 aliphatic rings. The van der Waals surface area contributed by atoms with Gasteiger partial charge in [-0.25, -0.2) is 0 Å². The van der Waals surface area contributed by atoms with E-state index in [1.54, 1.807) is 0 Å². The van der Waals surface area contributed by atoms with Gasteiger partial charge in [0.15, 0.2) is 0 Å². The van der Waals surface area contributed by atoms with Crippen molar-refractivity contribution in [3.63, 3.8) is 0 Å². The van der Waals surface area contributed by atoms with Crippen molar-refractivity contribution in [3.8, 4) is 16.8 Å². The van der Waals surface area contributed by atoms with Crippen molar-refractivity contribution >= 4 is 80.8 Å². The molecule has 0 spiro atoms. The molecule has 4 unspecified atom stereocenters. The molecule has 1 aliphatic carbocycles. The fraction of sp³-hybridized carbons (Fsp3) is 0.111. The van der Waals surface area contributed by atoms with Crippen molar-refractivity contribution < 1.29 is 4.90 Å². The van der Waals surface area contributed by atoms with Gasteiger partial charge >= 0.3 is 0 Å². The first-order valence-electron chi connectivity index (χ1n) is 20.8. The number of aromatic nitrogens is 2. The Labute approximate surface area is 347 Å². The topological polar surface area (TPSA) is 26.3 Å². The monoisotopic (exact) mass is 779 g/mol. The number of benzene rings is 7. The number of allylic oxidation sites excluding steroid dienone is 2. The van der Waals surface area contributed by atoms with Crippen LogP contribution in [0.4, 0.5) is 0 Å². The summed E-state index contributed by atoms with van der Waals surface area (Å²) >= 11 is 1.88. The molecule has 12 rings (SSSR count). The van der Waals surface area contributed by atoms with Crippen LogP contribution in [0.25, 0.3) is 86.3 Å². The molecule has 0 bridgehead atoms. The van der Waals surface area contributed by atoms with Crippen LogP contribution in [0, 0.1) is 5.92 Å². The zero-order valence-electron chi connectivity index (χ0n) is 33.1. The first kappa shape index (κ1) is 34.4. The fourth-order valence-corrected chi connectivity index (χ4v) is 11.1. The average Bonchev–Trinajstić information content (AvgIpc) is 3.94. The van der Waals surface area contributed by atoms with Crippen LogP contribution in [-0.2, 0) is 0 Å². The summed E-state index contributed by atoms with van der Waals surface area (Å²) in [6.45, 7) is 2.31. The normalized spacial score (nSPS) is 19.6. The van der Waals surface area contributed by atoms with E-state index in [0.717, 1.165) is 6.42 Å². The Morgan fingerprint density at radius 2 is 1.19 bits per heavy atom. The number of quaternary nitrogens is 1. The lowest BCUT2D eigenvalue weighted by Gasteiger charge is -2.39. The summed E-state index contributed by atoms with van der Waals surface area (Å²) in [4.78, 5) is 1.39. The first-order chi connectivity index (χ1) is 29.1. The summed E-state index contributed by atoms with van der Waals surface area (Å²) in [5.41, 5.74) is 12.3. The highest BCUT2D eigenvalue weighted by atomic mass is 32.1. The third-order valence-electron chi connectivity index (χ3n) is 12.9. The average molecular weight is 780 g/mol. The second-order valence-corrected chi connectivity index (χ2v) is 17.6. The molecule has 0 amide bonds. The van der Waals surface area contributed by atoms with Crippen LogP contribution in [0.3, 0.4) is 0 Å². The molecule has 0 fully saturated rings. The zero-order valence-corrected chi connectivity index (χ0v) is 33.9. The number of para-hydroxylation sites is 3. The van der Waals surface area contributed by atoms with E-state index >= 15 is 0 Å². The van der Waals surface area contributed by atoms with Gasteiger partial charge in [0.05, 0.1) is 29.1 Å². The second-order valence-electron chi connectivity index (χ2n) is 16.5. The number of nitrogens with zero attached hydrogens (tertiary/aromatic N) is 2. The van der Waals surface area contributed by atoms with Crippen molar-refractivity contribution in [2.24, 2.45) is 5.92 Å². The number of thiophene rings is 1. The van der Waals surface area contributed by atoms with Gasteiger partial charge < -0.3 is 9.88 Å². The number of hydrogen-bond donors (Lipinski definition) is 2. The Hall–Kier alpha value is -6.66. The Bertz CT molecular complexity index is 3390. The Kier molecular flexibility index (Phi) is 7.84. The Morgan fingerprint density at radius 3 is 1.97 bits per heavy atom. The van der Waals surface area contributed by atoms with Crippen LogP contribution < -0.4 is 10.2 Å². The maximum Gasteiger partial charge on any atom is 0.246 e. The predicted octanol–water partition coefficient (Wildman–Crippen LogP) is 12.4. The Balaban J connectivity index is 1.03. The van der Waals surface area contributed by atoms with Crippen molar-refractivity contribution in [2.45, 2.75) is 25.7 Å². The largest absolute Gasteiger partial charge is 0.317 e. The van der Waals surface area contributed by atoms with Gasteiger partial charge in [0, 0.05) is 64.8 Å². The molecule has 7 aromatic carbocycles. The van der Waals surface area contributed by atoms with E-state index in [1.807, 2.05) is 11.3 Å². The molecule has 0 radical (unpaired) electrons. The standard InChI is InChI=1S/C54H42N4S/c1-34-20-22-35(23-21-34)49-33-46(38-26-29-45-44-16-8-11-19-52(44)59-53(45)32-38)55-54(56(49)2)58-48-18-10-7-15-41(48)43-28-25-37(31-51(43)58)36-24-27-42-40-14-6-9-17-47(40)57(50(42)30-36)39-12-4-3-5-13-39/h3-20,22-34,49,54-55H,21H2,1-2H3/p+1. The number of hydrogen-bond acceptors (Lipinski definition) is 2. The number of rotatable bonds is 5. The minimum Gasteiger partial charge on any atom is -0.317 e. The van der Waals surface area contributed by atoms with Gasteiger partial charge in [-0.1, -0.05) is 134 Å². The van der Waals surface area contributed by atoms with Gasteiger partial charge in [-0.05, 0) is 77.6 Å². The highest BCUT2D eigenvalue weighted by Crippen LogP contribution is 2.39. The van der Waals surface area contributed by atoms with Crippen molar-refractivity contribution in [1.29, 1.82) is 0 Å². The lowest BCUT2D eigenvalue weighted by atomic mass is 9.92. The maximum atomic E-state index is 4.14. The van der Waals surface area contributed by atoms with E-state index in [9.17, 15) is 0 Å². The molecular formula is C54H43N4S+. The molecule has 5 heteroatoms. The predicted molar refractivity (Wildman–Crippen MR) is 250 cm³/mol. The molecule has 1 aliphatic heterocycles. The molecule has 284 valence electrons. The third kappa shape index (κ3) is 5.46. The number of fused-ring (bicyclic) bond motifs is 9. The van der Waals surface area contributed by atoms with Gasteiger partial charge in [0.1, 0.15) is 6.04 Å². The van der Waals surface area contributed by atoms with Gasteiger partial charge in [0.25, 0.3) is 0 Å². The SMILES string of the molecule is CC1C=CC(C2C=C(c3ccc4c(c3)sc3ccccc34)NC(n3c4ccccc4c4ccc(-c5ccc6c7ccccc7n(-c7ccccc7)c6c5)cc43)[NH+]2C)=CC1. The van der Waals surface area contributed by atoms with E-state index in [-0.39, 0.29) is 12.3 Å². The minimum absolute atomic E-state index is 0.0764. The van der Waals surface area contributed by atoms with E-state index < -0.39 is 0 Å². The van der Waals surface area contributed by atoms with E-state index in [2.05, 4.69) is 210 Å². The van der Waals surface area contributed by atoms with Crippen LogP contribution in [0.2, 0.25) is 0 Å². The van der Waals surface area contributed by atoms with Crippen LogP contribution in [-0.4, -0.2) is 22.2 Å². The summed E-state index contributed by atoms with van der Waals surface area (Å²) in [7, 11) is 2.36. The van der Waals surface area contributed by atoms with E-state index in [4.69, 9.17) is 0 Å². The lowest BCUT2D eigenvalue weighted by Crippen LogP contribution is -3.16. The van der Waals surface area contributed by atoms with Crippen LogP contribution >= 0.6 is 11.3 Å². The first-order valence-corrected chi connectivity index (χ1v) is 21.6. The molecule has 4 atom stereocenters. The molecule has 59 heavy (non-hydrogen) atoms. The smallest absolute Gasteiger partial charge is 0.246 e. The lowest BCUT2D eigenvalue weighted by molar-refractivity contribution is -0.939. The second kappa shape index (κ2) is 13.5. The fourth-order valence-electron chi connectivity index (χ4n) is 9.92.